The minimum Gasteiger partial charge on any atom is -0.486 e. The van der Waals surface area contributed by atoms with Gasteiger partial charge in [-0.05, 0) is 36.4 Å². The van der Waals surface area contributed by atoms with E-state index in [9.17, 15) is 4.79 Å². The lowest BCUT2D eigenvalue weighted by Gasteiger charge is -2.04. The predicted molar refractivity (Wildman–Crippen MR) is 78.4 cm³/mol. The van der Waals surface area contributed by atoms with Crippen LogP contribution in [0.4, 0.5) is 5.69 Å². The second-order valence-corrected chi connectivity index (χ2v) is 4.36. The molecule has 1 aromatic heterocycles. The van der Waals surface area contributed by atoms with E-state index >= 15 is 0 Å². The number of carbonyl (C=O) groups is 1. The molecule has 1 heterocycles. The van der Waals surface area contributed by atoms with Gasteiger partial charge in [-0.15, -0.1) is 11.6 Å². The Kier molecular flexibility index (Phi) is 4.84. The molecule has 6 nitrogen and oxygen atoms in total. The summed E-state index contributed by atoms with van der Waals surface area (Å²) in [7, 11) is 0. The van der Waals surface area contributed by atoms with Crippen molar-refractivity contribution < 1.29 is 19.1 Å². The van der Waals surface area contributed by atoms with Gasteiger partial charge >= 0.3 is 5.97 Å². The van der Waals surface area contributed by atoms with Gasteiger partial charge in [-0.1, -0.05) is 0 Å². The molecule has 0 aliphatic rings. The maximum atomic E-state index is 10.7. The van der Waals surface area contributed by atoms with Gasteiger partial charge in [0.2, 0.25) is 5.76 Å². The van der Waals surface area contributed by atoms with Gasteiger partial charge in [-0.25, -0.2) is 9.79 Å². The third-order valence-electron chi connectivity index (χ3n) is 2.50. The minimum absolute atomic E-state index is 0.116. The molecule has 2 aromatic rings. The standard InChI is InChI=1S/C14H13ClN2O4/c15-7-13(16)17-9-1-3-10(4-2-9)20-8-11-5-6-12(21-11)14(18)19/h1-6H,7-8H2,(H2,16,17)(H,18,19). The molecular formula is C14H13ClN2O4. The Bertz CT molecular complexity index is 649. The van der Waals surface area contributed by atoms with Crippen molar-refractivity contribution in [3.8, 4) is 5.75 Å². The van der Waals surface area contributed by atoms with E-state index in [0.29, 0.717) is 23.0 Å². The highest BCUT2D eigenvalue weighted by Gasteiger charge is 2.09. The summed E-state index contributed by atoms with van der Waals surface area (Å²) in [5, 5.41) is 8.74. The number of aliphatic imine (C=N–C) groups is 1. The van der Waals surface area contributed by atoms with Crippen molar-refractivity contribution in [2.24, 2.45) is 10.7 Å². The number of carboxylic acids is 1. The van der Waals surface area contributed by atoms with Crippen LogP contribution < -0.4 is 10.5 Å². The molecule has 0 amide bonds. The summed E-state index contributed by atoms with van der Waals surface area (Å²) >= 11 is 5.54. The van der Waals surface area contributed by atoms with Crippen LogP contribution in [0, 0.1) is 0 Å². The Morgan fingerprint density at radius 1 is 1.29 bits per heavy atom. The molecule has 21 heavy (non-hydrogen) atoms. The summed E-state index contributed by atoms with van der Waals surface area (Å²) in [6, 6.07) is 9.86. The molecule has 0 spiro atoms. The first-order valence-corrected chi connectivity index (χ1v) is 6.56. The van der Waals surface area contributed by atoms with E-state index in [0.717, 1.165) is 0 Å². The number of amidine groups is 1. The van der Waals surface area contributed by atoms with Crippen LogP contribution in [0.15, 0.2) is 45.8 Å². The van der Waals surface area contributed by atoms with Gasteiger partial charge in [0.1, 0.15) is 24.0 Å². The first-order chi connectivity index (χ1) is 10.1. The van der Waals surface area contributed by atoms with Crippen molar-refractivity contribution in [1.29, 1.82) is 0 Å². The topological polar surface area (TPSA) is 98.1 Å². The summed E-state index contributed by atoms with van der Waals surface area (Å²) in [6.45, 7) is 0.139. The van der Waals surface area contributed by atoms with Crippen molar-refractivity contribution >= 4 is 29.1 Å². The normalized spacial score (nSPS) is 11.4. The molecular weight excluding hydrogens is 296 g/mol. The number of aromatic carboxylic acids is 1. The molecule has 0 unspecified atom stereocenters. The molecule has 0 aliphatic heterocycles. The molecule has 0 bridgehead atoms. The van der Waals surface area contributed by atoms with Crippen molar-refractivity contribution in [1.82, 2.24) is 0 Å². The molecule has 0 radical (unpaired) electrons. The Morgan fingerprint density at radius 3 is 2.57 bits per heavy atom. The summed E-state index contributed by atoms with van der Waals surface area (Å²) < 4.78 is 10.6. The molecule has 0 fully saturated rings. The van der Waals surface area contributed by atoms with Crippen LogP contribution in [0.5, 0.6) is 5.75 Å². The third-order valence-corrected chi connectivity index (χ3v) is 2.77. The lowest BCUT2D eigenvalue weighted by molar-refractivity contribution is 0.0658. The summed E-state index contributed by atoms with van der Waals surface area (Å²) in [5.41, 5.74) is 6.20. The number of alkyl halides is 1. The number of rotatable bonds is 6. The number of carboxylic acid groups (broad SMARTS) is 1. The fraction of sp³-hybridized carbons (Fsp3) is 0.143. The van der Waals surface area contributed by atoms with Gasteiger partial charge < -0.3 is 20.0 Å². The Balaban J connectivity index is 1.95. The first-order valence-electron chi connectivity index (χ1n) is 6.02. The van der Waals surface area contributed by atoms with E-state index < -0.39 is 5.97 Å². The molecule has 1 aromatic carbocycles. The lowest BCUT2D eigenvalue weighted by atomic mass is 10.3. The molecule has 3 N–H and O–H groups in total. The monoisotopic (exact) mass is 308 g/mol. The van der Waals surface area contributed by atoms with Crippen LogP contribution in [0.2, 0.25) is 0 Å². The number of hydrogen-bond acceptors (Lipinski definition) is 4. The largest absolute Gasteiger partial charge is 0.486 e. The van der Waals surface area contributed by atoms with E-state index in [1.54, 1.807) is 30.3 Å². The van der Waals surface area contributed by atoms with Crippen molar-refractivity contribution in [2.75, 3.05) is 5.88 Å². The summed E-state index contributed by atoms with van der Waals surface area (Å²) in [4.78, 5) is 14.8. The van der Waals surface area contributed by atoms with Crippen LogP contribution in [-0.2, 0) is 6.61 Å². The van der Waals surface area contributed by atoms with Crippen LogP contribution in [0.3, 0.4) is 0 Å². The summed E-state index contributed by atoms with van der Waals surface area (Å²) in [5.74, 6) is 0.313. The van der Waals surface area contributed by atoms with Gasteiger partial charge in [-0.3, -0.25) is 0 Å². The number of halogens is 1. The van der Waals surface area contributed by atoms with Gasteiger partial charge in [0, 0.05) is 0 Å². The lowest BCUT2D eigenvalue weighted by Crippen LogP contribution is -2.12. The number of benzene rings is 1. The average molecular weight is 309 g/mol. The number of nitrogens with two attached hydrogens (primary N) is 1. The Hall–Kier alpha value is -2.47. The number of furan rings is 1. The second-order valence-electron chi connectivity index (χ2n) is 4.09. The quantitative estimate of drug-likeness (QED) is 0.486. The minimum atomic E-state index is -1.11. The molecule has 110 valence electrons. The smallest absolute Gasteiger partial charge is 0.371 e. The predicted octanol–water partition coefficient (Wildman–Crippen LogP) is 2.78. The van der Waals surface area contributed by atoms with E-state index in [-0.39, 0.29) is 18.2 Å². The number of ether oxygens (including phenoxy) is 1. The molecule has 0 atom stereocenters. The van der Waals surface area contributed by atoms with Crippen LogP contribution in [-0.4, -0.2) is 22.8 Å². The average Bonchev–Trinajstić information content (AvgIpc) is 2.95. The molecule has 0 saturated carbocycles. The molecule has 0 saturated heterocycles. The van der Waals surface area contributed by atoms with Gasteiger partial charge in [0.15, 0.2) is 0 Å². The Morgan fingerprint density at radius 2 is 2.00 bits per heavy atom. The highest BCUT2D eigenvalue weighted by atomic mass is 35.5. The van der Waals surface area contributed by atoms with Crippen molar-refractivity contribution in [3.05, 3.63) is 47.9 Å². The van der Waals surface area contributed by atoms with Crippen molar-refractivity contribution in [3.63, 3.8) is 0 Å². The zero-order valence-corrected chi connectivity index (χ0v) is 11.7. The fourth-order valence-electron chi connectivity index (χ4n) is 1.54. The zero-order chi connectivity index (χ0) is 15.2. The van der Waals surface area contributed by atoms with E-state index in [4.69, 9.17) is 31.6 Å². The van der Waals surface area contributed by atoms with E-state index in [1.807, 2.05) is 0 Å². The fourth-order valence-corrected chi connectivity index (χ4v) is 1.60. The highest BCUT2D eigenvalue weighted by molar-refractivity contribution is 6.28. The molecule has 7 heteroatoms. The number of hydrogen-bond donors (Lipinski definition) is 2. The van der Waals surface area contributed by atoms with Crippen LogP contribution in [0.1, 0.15) is 16.3 Å². The van der Waals surface area contributed by atoms with Crippen molar-refractivity contribution in [2.45, 2.75) is 6.61 Å². The molecule has 0 aliphatic carbocycles. The SMILES string of the molecule is NC(CCl)=Nc1ccc(OCc2ccc(C(=O)O)o2)cc1. The van der Waals surface area contributed by atoms with Gasteiger partial charge in [0.25, 0.3) is 0 Å². The maximum absolute atomic E-state index is 10.7. The zero-order valence-electron chi connectivity index (χ0n) is 11.0. The second kappa shape index (κ2) is 6.81. The number of nitrogens with zero attached hydrogens (tertiary/aromatic N) is 1. The maximum Gasteiger partial charge on any atom is 0.371 e. The molecule has 2 rings (SSSR count). The highest BCUT2D eigenvalue weighted by Crippen LogP contribution is 2.19. The van der Waals surface area contributed by atoms with Crippen LogP contribution >= 0.6 is 11.6 Å². The summed E-state index contributed by atoms with van der Waals surface area (Å²) in [6.07, 6.45) is 0. The van der Waals surface area contributed by atoms with Crippen LogP contribution in [0.25, 0.3) is 0 Å². The van der Waals surface area contributed by atoms with E-state index in [2.05, 4.69) is 4.99 Å². The van der Waals surface area contributed by atoms with Gasteiger partial charge in [-0.2, -0.15) is 0 Å². The van der Waals surface area contributed by atoms with E-state index in [1.165, 1.54) is 6.07 Å². The van der Waals surface area contributed by atoms with Gasteiger partial charge in [0.05, 0.1) is 11.6 Å². The Labute approximate surface area is 125 Å². The third kappa shape index (κ3) is 4.25. The first kappa shape index (κ1) is 14.9.